The number of hydrogen-bond donors (Lipinski definition) is 1. The van der Waals surface area contributed by atoms with Crippen molar-refractivity contribution >= 4 is 34.2 Å². The molecule has 3 heterocycles. The van der Waals surface area contributed by atoms with Gasteiger partial charge in [0, 0.05) is 28.0 Å². The predicted octanol–water partition coefficient (Wildman–Crippen LogP) is 3.15. The minimum atomic E-state index is -0.997. The Morgan fingerprint density at radius 3 is 2.93 bits per heavy atom. The van der Waals surface area contributed by atoms with Crippen LogP contribution in [0.25, 0.3) is 11.0 Å². The summed E-state index contributed by atoms with van der Waals surface area (Å²) in [4.78, 5) is 40.6. The highest BCUT2D eigenvalue weighted by Gasteiger charge is 2.54. The van der Waals surface area contributed by atoms with Gasteiger partial charge in [-0.25, -0.2) is 9.59 Å². The first kappa shape index (κ1) is 17.9. The minimum absolute atomic E-state index is 0.000313. The van der Waals surface area contributed by atoms with E-state index in [9.17, 15) is 14.4 Å². The van der Waals surface area contributed by atoms with Gasteiger partial charge in [0.2, 0.25) is 0 Å². The summed E-state index contributed by atoms with van der Waals surface area (Å²) in [6.07, 6.45) is 2.34. The summed E-state index contributed by atoms with van der Waals surface area (Å²) in [6, 6.07) is 7.95. The van der Waals surface area contributed by atoms with E-state index in [2.05, 4.69) is 5.32 Å². The van der Waals surface area contributed by atoms with Crippen molar-refractivity contribution in [1.82, 2.24) is 10.2 Å². The summed E-state index contributed by atoms with van der Waals surface area (Å²) in [7, 11) is 1.53. The Balaban J connectivity index is 1.55. The van der Waals surface area contributed by atoms with Crippen LogP contribution in [-0.2, 0) is 23.3 Å². The lowest BCUT2D eigenvalue weighted by atomic mass is 9.80. The lowest BCUT2D eigenvalue weighted by Crippen LogP contribution is -2.46. The number of carbonyl (C=O) groups excluding carboxylic acids is 2. The predicted molar refractivity (Wildman–Crippen MR) is 107 cm³/mol. The Kier molecular flexibility index (Phi) is 3.99. The second kappa shape index (κ2) is 6.45. The van der Waals surface area contributed by atoms with Crippen LogP contribution in [0.5, 0.6) is 5.75 Å². The highest BCUT2D eigenvalue weighted by Crippen LogP contribution is 2.42. The van der Waals surface area contributed by atoms with Crippen molar-refractivity contribution in [3.8, 4) is 5.75 Å². The van der Waals surface area contributed by atoms with Crippen molar-refractivity contribution in [2.45, 2.75) is 31.3 Å². The zero-order valence-corrected chi connectivity index (χ0v) is 16.5. The maximum atomic E-state index is 13.4. The van der Waals surface area contributed by atoms with Crippen LogP contribution in [0.4, 0.5) is 4.79 Å². The number of ether oxygens (including phenoxy) is 1. The number of urea groups is 1. The van der Waals surface area contributed by atoms with E-state index >= 15 is 0 Å². The van der Waals surface area contributed by atoms with E-state index in [1.54, 1.807) is 29.5 Å². The molecular weight excluding hydrogens is 392 g/mol. The first-order valence-electron chi connectivity index (χ1n) is 9.33. The lowest BCUT2D eigenvalue weighted by molar-refractivity contribution is -0.132. The van der Waals surface area contributed by atoms with Crippen molar-refractivity contribution in [2.75, 3.05) is 7.11 Å². The van der Waals surface area contributed by atoms with Crippen molar-refractivity contribution in [2.24, 2.45) is 0 Å². The van der Waals surface area contributed by atoms with Crippen LogP contribution in [0.1, 0.15) is 28.8 Å². The molecule has 7 nitrogen and oxygen atoms in total. The highest BCUT2D eigenvalue weighted by molar-refractivity contribution is 7.10. The van der Waals surface area contributed by atoms with Gasteiger partial charge in [-0.15, -0.1) is 11.3 Å². The van der Waals surface area contributed by atoms with E-state index in [0.29, 0.717) is 28.7 Å². The number of imide groups is 1. The Morgan fingerprint density at radius 2 is 2.10 bits per heavy atom. The lowest BCUT2D eigenvalue weighted by Gasteiger charge is -2.31. The van der Waals surface area contributed by atoms with Crippen molar-refractivity contribution in [3.05, 3.63) is 62.1 Å². The zero-order chi connectivity index (χ0) is 20.2. The van der Waals surface area contributed by atoms with Crippen LogP contribution in [0, 0.1) is 0 Å². The molecule has 1 saturated heterocycles. The SMILES string of the molecule is COc1ccc2c(CN3C(=O)N[C@@]4(CCCc5sccc54)C3=O)cc(=O)oc2c1. The molecule has 3 amide bonds. The Labute approximate surface area is 169 Å². The molecule has 0 saturated carbocycles. The molecule has 0 bridgehead atoms. The average Bonchev–Trinajstić information content (AvgIpc) is 3.28. The molecule has 1 aliphatic heterocycles. The van der Waals surface area contributed by atoms with Gasteiger partial charge in [-0.3, -0.25) is 9.69 Å². The third kappa shape index (κ3) is 2.66. The number of thiophene rings is 1. The normalized spacial score (nSPS) is 20.9. The van der Waals surface area contributed by atoms with Gasteiger partial charge in [0.25, 0.3) is 5.91 Å². The van der Waals surface area contributed by atoms with E-state index < -0.39 is 17.2 Å². The third-order valence-corrected chi connectivity index (χ3v) is 6.68. The summed E-state index contributed by atoms with van der Waals surface area (Å²) in [5.41, 5.74) is 0.271. The number of carbonyl (C=O) groups is 2. The van der Waals surface area contributed by atoms with Crippen molar-refractivity contribution in [1.29, 1.82) is 0 Å². The van der Waals surface area contributed by atoms with Gasteiger partial charge in [-0.1, -0.05) is 0 Å². The molecule has 0 unspecified atom stereocenters. The standard InChI is InChI=1S/C21H18N2O5S/c1-27-13-4-5-14-12(9-18(24)28-16(14)10-13)11-23-19(25)21(22-20(23)26)7-2-3-17-15(21)6-8-29-17/h4-6,8-10H,2-3,7,11H2,1H3,(H,22,26)/t21-/m1/s1. The average molecular weight is 410 g/mol. The second-order valence-electron chi connectivity index (χ2n) is 7.29. The number of hydrogen-bond acceptors (Lipinski definition) is 6. The molecule has 1 fully saturated rings. The van der Waals surface area contributed by atoms with Crippen LogP contribution in [0.3, 0.4) is 0 Å². The molecule has 1 N–H and O–H groups in total. The number of nitrogens with zero attached hydrogens (tertiary/aromatic N) is 1. The van der Waals surface area contributed by atoms with Gasteiger partial charge in [0.1, 0.15) is 16.9 Å². The van der Waals surface area contributed by atoms with Gasteiger partial charge >= 0.3 is 11.7 Å². The van der Waals surface area contributed by atoms with Gasteiger partial charge in [0.15, 0.2) is 0 Å². The molecular formula is C21H18N2O5S. The molecule has 2 aromatic heterocycles. The molecule has 148 valence electrons. The molecule has 1 aromatic carbocycles. The molecule has 1 spiro atoms. The number of fused-ring (bicyclic) bond motifs is 3. The molecule has 0 radical (unpaired) electrons. The molecule has 8 heteroatoms. The maximum Gasteiger partial charge on any atom is 0.336 e. The summed E-state index contributed by atoms with van der Waals surface area (Å²) >= 11 is 1.61. The number of aryl methyl sites for hydroxylation is 1. The fourth-order valence-electron chi connectivity index (χ4n) is 4.32. The highest BCUT2D eigenvalue weighted by atomic mass is 32.1. The van der Waals surface area contributed by atoms with E-state index in [1.807, 2.05) is 11.4 Å². The second-order valence-corrected chi connectivity index (χ2v) is 8.29. The number of rotatable bonds is 3. The van der Waals surface area contributed by atoms with Crippen LogP contribution >= 0.6 is 11.3 Å². The fourth-order valence-corrected chi connectivity index (χ4v) is 5.32. The minimum Gasteiger partial charge on any atom is -0.497 e. The van der Waals surface area contributed by atoms with Gasteiger partial charge < -0.3 is 14.5 Å². The van der Waals surface area contributed by atoms with E-state index in [-0.39, 0.29) is 12.5 Å². The zero-order valence-electron chi connectivity index (χ0n) is 15.7. The quantitative estimate of drug-likeness (QED) is 0.529. The largest absolute Gasteiger partial charge is 0.497 e. The van der Waals surface area contributed by atoms with Gasteiger partial charge in [0.05, 0.1) is 13.7 Å². The summed E-state index contributed by atoms with van der Waals surface area (Å²) in [5.74, 6) is 0.288. The number of methoxy groups -OCH3 is 1. The van der Waals surface area contributed by atoms with E-state index in [0.717, 1.165) is 23.3 Å². The summed E-state index contributed by atoms with van der Waals surface area (Å²) in [5, 5.41) is 5.56. The Hall–Kier alpha value is -3.13. The molecule has 5 rings (SSSR count). The molecule has 1 aliphatic carbocycles. The van der Waals surface area contributed by atoms with Crippen LogP contribution in [0.2, 0.25) is 0 Å². The third-order valence-electron chi connectivity index (χ3n) is 5.70. The molecule has 3 aromatic rings. The number of nitrogens with one attached hydrogen (secondary N) is 1. The fraction of sp³-hybridized carbons (Fsp3) is 0.286. The first-order valence-corrected chi connectivity index (χ1v) is 10.2. The Morgan fingerprint density at radius 1 is 1.24 bits per heavy atom. The monoisotopic (exact) mass is 410 g/mol. The maximum absolute atomic E-state index is 13.4. The topological polar surface area (TPSA) is 88.9 Å². The Bertz CT molecular complexity index is 1210. The summed E-state index contributed by atoms with van der Waals surface area (Å²) < 4.78 is 10.5. The van der Waals surface area contributed by atoms with Gasteiger partial charge in [-0.2, -0.15) is 0 Å². The molecule has 2 aliphatic rings. The van der Waals surface area contributed by atoms with Crippen molar-refractivity contribution < 1.29 is 18.7 Å². The van der Waals surface area contributed by atoms with E-state index in [1.165, 1.54) is 18.1 Å². The smallest absolute Gasteiger partial charge is 0.336 e. The van der Waals surface area contributed by atoms with Crippen LogP contribution in [0.15, 0.2) is 44.9 Å². The number of benzene rings is 1. The van der Waals surface area contributed by atoms with Gasteiger partial charge in [-0.05, 0) is 48.4 Å². The van der Waals surface area contributed by atoms with Crippen LogP contribution < -0.4 is 15.7 Å². The van der Waals surface area contributed by atoms with E-state index in [4.69, 9.17) is 9.15 Å². The molecule has 29 heavy (non-hydrogen) atoms. The number of amides is 3. The van der Waals surface area contributed by atoms with Crippen molar-refractivity contribution in [3.63, 3.8) is 0 Å². The summed E-state index contributed by atoms with van der Waals surface area (Å²) in [6.45, 7) is 0.000313. The first-order chi connectivity index (χ1) is 14.0. The molecule has 1 atom stereocenters. The van der Waals surface area contributed by atoms with Crippen LogP contribution in [-0.4, -0.2) is 23.9 Å².